The van der Waals surface area contributed by atoms with Crippen molar-refractivity contribution in [3.8, 4) is 0 Å². The standard InChI is InChI=1S/C15H25ClO3Si2/c1-10(17)13(11-8-6-7-9-12(11)16)15(2,3)14(18-20-4)19-21-5/h6-9,13-14H,20-21H2,1-5H3. The molecule has 0 aliphatic heterocycles. The molecule has 6 heteroatoms. The number of Topliss-reactive ketones (excluding diaryl/α,β-unsaturated/α-hetero) is 1. The smallest absolute Gasteiger partial charge is 0.161 e. The molecule has 0 saturated heterocycles. The Bertz CT molecular complexity index is 474. The molecule has 1 aromatic carbocycles. The zero-order valence-electron chi connectivity index (χ0n) is 13.5. The molecular formula is C15H25ClO3Si2. The van der Waals surface area contributed by atoms with Crippen molar-refractivity contribution in [3.05, 3.63) is 34.9 Å². The summed E-state index contributed by atoms with van der Waals surface area (Å²) in [5.74, 6) is -0.252. The summed E-state index contributed by atoms with van der Waals surface area (Å²) in [6, 6.07) is 7.52. The number of hydrogen-bond acceptors (Lipinski definition) is 3. The van der Waals surface area contributed by atoms with E-state index in [9.17, 15) is 4.79 Å². The van der Waals surface area contributed by atoms with Crippen LogP contribution in [0.4, 0.5) is 0 Å². The maximum atomic E-state index is 12.3. The van der Waals surface area contributed by atoms with E-state index < -0.39 is 24.9 Å². The molecule has 0 radical (unpaired) electrons. The Kier molecular flexibility index (Phi) is 7.29. The fourth-order valence-electron chi connectivity index (χ4n) is 2.77. The lowest BCUT2D eigenvalue weighted by atomic mass is 9.72. The van der Waals surface area contributed by atoms with Crippen molar-refractivity contribution in [3.63, 3.8) is 0 Å². The van der Waals surface area contributed by atoms with Gasteiger partial charge in [0.25, 0.3) is 0 Å². The van der Waals surface area contributed by atoms with Crippen LogP contribution in [0.1, 0.15) is 32.3 Å². The minimum atomic E-state index is -0.627. The van der Waals surface area contributed by atoms with E-state index in [1.807, 2.05) is 38.1 Å². The van der Waals surface area contributed by atoms with Gasteiger partial charge in [0.2, 0.25) is 0 Å². The average Bonchev–Trinajstić information content (AvgIpc) is 2.40. The van der Waals surface area contributed by atoms with Gasteiger partial charge in [-0.05, 0) is 18.6 Å². The van der Waals surface area contributed by atoms with Gasteiger partial charge in [-0.25, -0.2) is 0 Å². The first kappa shape index (κ1) is 18.6. The Morgan fingerprint density at radius 1 is 1.19 bits per heavy atom. The normalized spacial score (nSPS) is 15.9. The molecule has 0 fully saturated rings. The molecule has 21 heavy (non-hydrogen) atoms. The van der Waals surface area contributed by atoms with Crippen LogP contribution >= 0.6 is 11.6 Å². The second kappa shape index (κ2) is 8.24. The number of carbonyl (C=O) groups excluding carboxylic acids is 1. The Balaban J connectivity index is 3.25. The number of ketones is 1. The van der Waals surface area contributed by atoms with Crippen molar-refractivity contribution in [1.29, 1.82) is 0 Å². The fourth-order valence-corrected chi connectivity index (χ4v) is 4.86. The molecule has 118 valence electrons. The molecule has 0 amide bonds. The highest BCUT2D eigenvalue weighted by molar-refractivity contribution is 6.31. The van der Waals surface area contributed by atoms with E-state index in [-0.39, 0.29) is 18.0 Å². The lowest BCUT2D eigenvalue weighted by Gasteiger charge is -2.40. The molecule has 1 rings (SSSR count). The van der Waals surface area contributed by atoms with Gasteiger partial charge in [0.05, 0.1) is 5.92 Å². The zero-order valence-corrected chi connectivity index (χ0v) is 17.1. The highest BCUT2D eigenvalue weighted by Gasteiger charge is 2.42. The zero-order chi connectivity index (χ0) is 16.0. The van der Waals surface area contributed by atoms with Crippen molar-refractivity contribution < 1.29 is 13.6 Å². The molecule has 0 aromatic heterocycles. The first-order chi connectivity index (χ1) is 9.86. The Labute approximate surface area is 137 Å². The third-order valence-electron chi connectivity index (χ3n) is 3.61. The topological polar surface area (TPSA) is 35.5 Å². The third kappa shape index (κ3) is 4.50. The van der Waals surface area contributed by atoms with Crippen LogP contribution < -0.4 is 0 Å². The molecule has 1 unspecified atom stereocenters. The molecule has 0 aliphatic rings. The Hall–Kier alpha value is -0.466. The van der Waals surface area contributed by atoms with Crippen molar-refractivity contribution in [2.24, 2.45) is 5.41 Å². The van der Waals surface area contributed by atoms with E-state index in [1.54, 1.807) is 6.92 Å². The first-order valence-corrected chi connectivity index (χ1v) is 11.7. The maximum absolute atomic E-state index is 12.3. The minimum Gasteiger partial charge on any atom is -0.400 e. The van der Waals surface area contributed by atoms with Gasteiger partial charge >= 0.3 is 0 Å². The van der Waals surface area contributed by atoms with Gasteiger partial charge in [-0.2, -0.15) is 0 Å². The van der Waals surface area contributed by atoms with Crippen LogP contribution in [0.3, 0.4) is 0 Å². The molecule has 1 aromatic rings. The SMILES string of the molecule is C[SiH2]OC(O[SiH2]C)C(C)(C)C(C(C)=O)c1ccccc1Cl. The van der Waals surface area contributed by atoms with E-state index in [0.29, 0.717) is 5.02 Å². The molecule has 0 bridgehead atoms. The molecule has 3 nitrogen and oxygen atoms in total. The molecule has 0 N–H and O–H groups in total. The number of halogens is 1. The van der Waals surface area contributed by atoms with Crippen molar-refractivity contribution in [1.82, 2.24) is 0 Å². The van der Waals surface area contributed by atoms with Crippen LogP contribution in [0, 0.1) is 5.41 Å². The van der Waals surface area contributed by atoms with E-state index in [4.69, 9.17) is 20.5 Å². The summed E-state index contributed by atoms with van der Waals surface area (Å²) in [5, 5.41) is 0.618. The van der Waals surface area contributed by atoms with Crippen LogP contribution in [0.25, 0.3) is 0 Å². The van der Waals surface area contributed by atoms with Crippen molar-refractivity contribution in [2.45, 2.75) is 46.1 Å². The van der Waals surface area contributed by atoms with E-state index in [0.717, 1.165) is 5.56 Å². The number of carbonyl (C=O) groups is 1. The maximum Gasteiger partial charge on any atom is 0.161 e. The van der Waals surface area contributed by atoms with Crippen LogP contribution in [0.2, 0.25) is 18.1 Å². The minimum absolute atomic E-state index is 0.0841. The largest absolute Gasteiger partial charge is 0.400 e. The Morgan fingerprint density at radius 3 is 2.14 bits per heavy atom. The van der Waals surface area contributed by atoms with Gasteiger partial charge in [0, 0.05) is 10.4 Å². The summed E-state index contributed by atoms with van der Waals surface area (Å²) >= 11 is 6.31. The first-order valence-electron chi connectivity index (χ1n) is 7.34. The van der Waals surface area contributed by atoms with E-state index in [2.05, 4.69) is 13.1 Å². The van der Waals surface area contributed by atoms with Gasteiger partial charge in [-0.3, -0.25) is 4.79 Å². The van der Waals surface area contributed by atoms with Crippen LogP contribution in [0.15, 0.2) is 24.3 Å². The summed E-state index contributed by atoms with van der Waals surface area (Å²) in [4.78, 5) is 12.3. The number of rotatable bonds is 8. The van der Waals surface area contributed by atoms with Gasteiger partial charge in [0.1, 0.15) is 12.1 Å². The van der Waals surface area contributed by atoms with Crippen LogP contribution in [-0.2, 0) is 13.6 Å². The lowest BCUT2D eigenvalue weighted by molar-refractivity contribution is -0.131. The molecular weight excluding hydrogens is 320 g/mol. The van der Waals surface area contributed by atoms with Crippen molar-refractivity contribution >= 4 is 36.9 Å². The predicted octanol–water partition coefficient (Wildman–Crippen LogP) is 2.66. The van der Waals surface area contributed by atoms with Crippen LogP contribution in [-0.4, -0.2) is 31.6 Å². The van der Waals surface area contributed by atoms with E-state index >= 15 is 0 Å². The highest BCUT2D eigenvalue weighted by Crippen LogP contribution is 2.43. The monoisotopic (exact) mass is 344 g/mol. The highest BCUT2D eigenvalue weighted by atomic mass is 35.5. The predicted molar refractivity (Wildman–Crippen MR) is 93.4 cm³/mol. The summed E-state index contributed by atoms with van der Waals surface area (Å²) in [7, 11) is -1.25. The summed E-state index contributed by atoms with van der Waals surface area (Å²) in [6.07, 6.45) is -0.337. The second-order valence-corrected chi connectivity index (χ2v) is 7.86. The van der Waals surface area contributed by atoms with Crippen molar-refractivity contribution in [2.75, 3.05) is 0 Å². The fraction of sp³-hybridized carbons (Fsp3) is 0.533. The third-order valence-corrected chi connectivity index (χ3v) is 5.23. The molecule has 0 saturated carbocycles. The van der Waals surface area contributed by atoms with Crippen LogP contribution in [0.5, 0.6) is 0 Å². The number of benzene rings is 1. The summed E-state index contributed by atoms with van der Waals surface area (Å²) < 4.78 is 11.8. The van der Waals surface area contributed by atoms with E-state index in [1.165, 1.54) is 0 Å². The van der Waals surface area contributed by atoms with Gasteiger partial charge < -0.3 is 8.85 Å². The number of hydrogen-bond donors (Lipinski definition) is 0. The lowest BCUT2D eigenvalue weighted by Crippen LogP contribution is -2.42. The summed E-state index contributed by atoms with van der Waals surface area (Å²) in [6.45, 7) is 9.81. The molecule has 0 heterocycles. The average molecular weight is 345 g/mol. The quantitative estimate of drug-likeness (QED) is 0.537. The van der Waals surface area contributed by atoms with Gasteiger partial charge in [0.15, 0.2) is 19.5 Å². The Morgan fingerprint density at radius 2 is 1.71 bits per heavy atom. The van der Waals surface area contributed by atoms with Gasteiger partial charge in [-0.1, -0.05) is 56.7 Å². The molecule has 0 aliphatic carbocycles. The summed E-state index contributed by atoms with van der Waals surface area (Å²) in [5.41, 5.74) is 0.396. The second-order valence-electron chi connectivity index (χ2n) is 5.63. The molecule has 0 spiro atoms. The van der Waals surface area contributed by atoms with Gasteiger partial charge in [-0.15, -0.1) is 0 Å². The molecule has 1 atom stereocenters.